The third-order valence-corrected chi connectivity index (χ3v) is 5.27. The van der Waals surface area contributed by atoms with Gasteiger partial charge in [0.1, 0.15) is 5.82 Å². The van der Waals surface area contributed by atoms with Crippen molar-refractivity contribution in [2.45, 2.75) is 13.2 Å². The van der Waals surface area contributed by atoms with Gasteiger partial charge in [0, 0.05) is 45.3 Å². The van der Waals surface area contributed by atoms with Gasteiger partial charge in [-0.3, -0.25) is 4.99 Å². The van der Waals surface area contributed by atoms with Crippen molar-refractivity contribution in [1.82, 2.24) is 10.2 Å². The lowest BCUT2D eigenvalue weighted by Gasteiger charge is -2.37. The molecular weight excluding hydrogens is 339 g/mol. The van der Waals surface area contributed by atoms with E-state index in [1.165, 1.54) is 11.1 Å². The lowest BCUT2D eigenvalue weighted by atomic mass is 10.1. The number of thiophene rings is 1. The second-order valence-corrected chi connectivity index (χ2v) is 6.84. The molecule has 25 heavy (non-hydrogen) atoms. The van der Waals surface area contributed by atoms with Crippen LogP contribution in [0.5, 0.6) is 0 Å². The van der Waals surface area contributed by atoms with E-state index in [9.17, 15) is 9.50 Å². The monoisotopic (exact) mass is 362 g/mol. The first kappa shape index (κ1) is 17.7. The average Bonchev–Trinajstić information content (AvgIpc) is 3.18. The summed E-state index contributed by atoms with van der Waals surface area (Å²) in [5.74, 6) is 0.473. The minimum absolute atomic E-state index is 0.293. The summed E-state index contributed by atoms with van der Waals surface area (Å²) in [5, 5.41) is 15.9. The van der Waals surface area contributed by atoms with E-state index in [4.69, 9.17) is 0 Å². The highest BCUT2D eigenvalue weighted by Gasteiger charge is 2.20. The predicted molar refractivity (Wildman–Crippen MR) is 101 cm³/mol. The van der Waals surface area contributed by atoms with Crippen molar-refractivity contribution in [3.8, 4) is 0 Å². The Bertz CT molecular complexity index is 712. The SMILES string of the molecule is CN=C(NCc1ccc(F)c(CO)c1)N1CCN(c2cccs2)CC1. The fourth-order valence-corrected chi connectivity index (χ4v) is 3.75. The van der Waals surface area contributed by atoms with Crippen LogP contribution in [0.25, 0.3) is 0 Å². The number of nitrogens with zero attached hydrogens (tertiary/aromatic N) is 3. The summed E-state index contributed by atoms with van der Waals surface area (Å²) in [5.41, 5.74) is 1.24. The van der Waals surface area contributed by atoms with Gasteiger partial charge in [-0.25, -0.2) is 4.39 Å². The smallest absolute Gasteiger partial charge is 0.194 e. The number of halogens is 1. The molecule has 1 saturated heterocycles. The Morgan fingerprint density at radius 3 is 2.72 bits per heavy atom. The number of aliphatic hydroxyl groups is 1. The molecule has 0 unspecified atom stereocenters. The first-order chi connectivity index (χ1) is 12.2. The third kappa shape index (κ3) is 4.29. The Kier molecular flexibility index (Phi) is 5.88. The quantitative estimate of drug-likeness (QED) is 0.647. The molecule has 7 heteroatoms. The van der Waals surface area contributed by atoms with Crippen molar-refractivity contribution in [3.63, 3.8) is 0 Å². The molecule has 0 saturated carbocycles. The van der Waals surface area contributed by atoms with Crippen molar-refractivity contribution in [3.05, 3.63) is 52.7 Å². The number of anilines is 1. The lowest BCUT2D eigenvalue weighted by molar-refractivity contribution is 0.275. The van der Waals surface area contributed by atoms with Gasteiger partial charge in [0.15, 0.2) is 5.96 Å². The Labute approximate surface area is 151 Å². The van der Waals surface area contributed by atoms with Crippen LogP contribution in [-0.2, 0) is 13.2 Å². The van der Waals surface area contributed by atoms with Crippen LogP contribution in [0.4, 0.5) is 9.39 Å². The van der Waals surface area contributed by atoms with Crippen molar-refractivity contribution in [2.24, 2.45) is 4.99 Å². The maximum absolute atomic E-state index is 13.5. The van der Waals surface area contributed by atoms with Gasteiger partial charge < -0.3 is 20.2 Å². The van der Waals surface area contributed by atoms with Gasteiger partial charge in [-0.05, 0) is 35.2 Å². The summed E-state index contributed by atoms with van der Waals surface area (Å²) in [7, 11) is 1.78. The first-order valence-electron chi connectivity index (χ1n) is 8.33. The Balaban J connectivity index is 1.55. The summed E-state index contributed by atoms with van der Waals surface area (Å²) in [4.78, 5) is 8.99. The van der Waals surface area contributed by atoms with Gasteiger partial charge in [0.05, 0.1) is 11.6 Å². The zero-order valence-electron chi connectivity index (χ0n) is 14.3. The molecular formula is C18H23FN4OS. The third-order valence-electron chi connectivity index (χ3n) is 4.34. The molecule has 0 radical (unpaired) electrons. The highest BCUT2D eigenvalue weighted by molar-refractivity contribution is 7.14. The van der Waals surface area contributed by atoms with Crippen molar-refractivity contribution >= 4 is 22.3 Å². The number of hydrogen-bond donors (Lipinski definition) is 2. The topological polar surface area (TPSA) is 51.1 Å². The van der Waals surface area contributed by atoms with Gasteiger partial charge in [0.25, 0.3) is 0 Å². The van der Waals surface area contributed by atoms with Crippen LogP contribution in [0.1, 0.15) is 11.1 Å². The molecule has 1 aliphatic heterocycles. The number of benzene rings is 1. The van der Waals surface area contributed by atoms with Gasteiger partial charge in [-0.1, -0.05) is 6.07 Å². The van der Waals surface area contributed by atoms with E-state index in [2.05, 4.69) is 37.6 Å². The molecule has 0 amide bonds. The molecule has 2 N–H and O–H groups in total. The molecule has 0 bridgehead atoms. The maximum Gasteiger partial charge on any atom is 0.194 e. The summed E-state index contributed by atoms with van der Waals surface area (Å²) in [6.07, 6.45) is 0. The average molecular weight is 362 g/mol. The Morgan fingerprint density at radius 1 is 1.28 bits per heavy atom. The Hall–Kier alpha value is -2.12. The minimum Gasteiger partial charge on any atom is -0.392 e. The summed E-state index contributed by atoms with van der Waals surface area (Å²) in [6.45, 7) is 3.99. The molecule has 3 rings (SSSR count). The van der Waals surface area contributed by atoms with Crippen LogP contribution in [0.15, 0.2) is 40.7 Å². The van der Waals surface area contributed by atoms with Crippen LogP contribution in [-0.4, -0.2) is 49.2 Å². The van der Waals surface area contributed by atoms with Crippen LogP contribution in [0.3, 0.4) is 0 Å². The summed E-state index contributed by atoms with van der Waals surface area (Å²) < 4.78 is 13.5. The zero-order chi connectivity index (χ0) is 17.6. The van der Waals surface area contributed by atoms with E-state index >= 15 is 0 Å². The summed E-state index contributed by atoms with van der Waals surface area (Å²) >= 11 is 1.77. The van der Waals surface area contributed by atoms with Crippen LogP contribution in [0.2, 0.25) is 0 Å². The van der Waals surface area contributed by atoms with E-state index in [-0.39, 0.29) is 12.4 Å². The van der Waals surface area contributed by atoms with E-state index in [1.54, 1.807) is 30.5 Å². The first-order valence-corrected chi connectivity index (χ1v) is 9.21. The molecule has 1 fully saturated rings. The molecule has 1 aromatic heterocycles. The number of nitrogens with one attached hydrogen (secondary N) is 1. The minimum atomic E-state index is -0.375. The van der Waals surface area contributed by atoms with Crippen LogP contribution in [0, 0.1) is 5.82 Å². The Morgan fingerprint density at radius 2 is 2.08 bits per heavy atom. The van der Waals surface area contributed by atoms with Crippen LogP contribution < -0.4 is 10.2 Å². The second-order valence-electron chi connectivity index (χ2n) is 5.91. The number of aliphatic hydroxyl groups excluding tert-OH is 1. The molecule has 2 aromatic rings. The standard InChI is InChI=1S/C18H23FN4OS/c1-20-18(21-12-14-4-5-16(19)15(11-14)13-24)23-8-6-22(7-9-23)17-3-2-10-25-17/h2-5,10-11,24H,6-9,12-13H2,1H3,(H,20,21). The number of rotatable bonds is 4. The molecule has 2 heterocycles. The molecule has 1 aliphatic rings. The van der Waals surface area contributed by atoms with E-state index in [0.717, 1.165) is 37.7 Å². The molecule has 1 aromatic carbocycles. The highest BCUT2D eigenvalue weighted by atomic mass is 32.1. The predicted octanol–water partition coefficient (Wildman–Crippen LogP) is 2.28. The molecule has 0 aliphatic carbocycles. The zero-order valence-corrected chi connectivity index (χ0v) is 15.1. The number of hydrogen-bond acceptors (Lipinski definition) is 4. The highest BCUT2D eigenvalue weighted by Crippen LogP contribution is 2.22. The van der Waals surface area contributed by atoms with Gasteiger partial charge in [0.2, 0.25) is 0 Å². The normalized spacial score (nSPS) is 15.6. The number of guanidine groups is 1. The largest absolute Gasteiger partial charge is 0.392 e. The van der Waals surface area contributed by atoms with Gasteiger partial charge in [-0.15, -0.1) is 11.3 Å². The maximum atomic E-state index is 13.5. The van der Waals surface area contributed by atoms with Gasteiger partial charge >= 0.3 is 0 Å². The van der Waals surface area contributed by atoms with Crippen molar-refractivity contribution in [2.75, 3.05) is 38.1 Å². The summed E-state index contributed by atoms with van der Waals surface area (Å²) in [6, 6.07) is 9.04. The second kappa shape index (κ2) is 8.31. The van der Waals surface area contributed by atoms with E-state index < -0.39 is 0 Å². The number of piperazine rings is 1. The van der Waals surface area contributed by atoms with Crippen molar-refractivity contribution < 1.29 is 9.50 Å². The number of aliphatic imine (C=N–C) groups is 1. The van der Waals surface area contributed by atoms with E-state index in [1.807, 2.05) is 0 Å². The van der Waals surface area contributed by atoms with E-state index in [0.29, 0.717) is 12.1 Å². The van der Waals surface area contributed by atoms with Crippen LogP contribution >= 0.6 is 11.3 Å². The van der Waals surface area contributed by atoms with Gasteiger partial charge in [-0.2, -0.15) is 0 Å². The molecule has 0 spiro atoms. The lowest BCUT2D eigenvalue weighted by Crippen LogP contribution is -2.52. The van der Waals surface area contributed by atoms with Crippen molar-refractivity contribution in [1.29, 1.82) is 0 Å². The molecule has 134 valence electrons. The fourth-order valence-electron chi connectivity index (χ4n) is 2.96. The molecule has 0 atom stereocenters. The fraction of sp³-hybridized carbons (Fsp3) is 0.389. The molecule has 5 nitrogen and oxygen atoms in total.